The van der Waals surface area contributed by atoms with Gasteiger partial charge in [0.05, 0.1) is 18.4 Å². The molecule has 0 aliphatic heterocycles. The van der Waals surface area contributed by atoms with Crippen LogP contribution in [0.3, 0.4) is 0 Å². The third kappa shape index (κ3) is 2.50. The molecule has 0 saturated carbocycles. The molecule has 1 unspecified atom stereocenters. The Bertz CT molecular complexity index is 495. The lowest BCUT2D eigenvalue weighted by molar-refractivity contribution is 0.554. The number of halogens is 1. The van der Waals surface area contributed by atoms with Crippen LogP contribution in [0.4, 0.5) is 4.39 Å². The summed E-state index contributed by atoms with van der Waals surface area (Å²) in [5.74, 6) is -0.303. The maximum Gasteiger partial charge on any atom is 0.146 e. The fourth-order valence-corrected chi connectivity index (χ4v) is 1.82. The largest absolute Gasteiger partial charge is 0.306 e. The Kier molecular flexibility index (Phi) is 3.49. The number of aryl methyl sites for hydroxylation is 1. The van der Waals surface area contributed by atoms with E-state index < -0.39 is 0 Å². The molecule has 0 spiro atoms. The molecule has 2 rings (SSSR count). The first kappa shape index (κ1) is 11.7. The smallest absolute Gasteiger partial charge is 0.146 e. The van der Waals surface area contributed by atoms with Gasteiger partial charge in [0.15, 0.2) is 0 Å². The Hall–Kier alpha value is -1.75. The second kappa shape index (κ2) is 5.05. The lowest BCUT2D eigenvalue weighted by atomic mass is 10.0. The van der Waals surface area contributed by atoms with Gasteiger partial charge in [-0.05, 0) is 12.6 Å². The molecule has 17 heavy (non-hydrogen) atoms. The predicted octanol–water partition coefficient (Wildman–Crippen LogP) is 1.65. The Morgan fingerprint density at radius 1 is 1.47 bits per heavy atom. The molecule has 4 nitrogen and oxygen atoms in total. The molecule has 2 aromatic rings. The minimum atomic E-state index is -0.303. The lowest BCUT2D eigenvalue weighted by Gasteiger charge is -2.17. The van der Waals surface area contributed by atoms with Crippen molar-refractivity contribution >= 4 is 0 Å². The molecule has 0 saturated heterocycles. The molecule has 0 fully saturated rings. The molecule has 5 heteroatoms. The number of pyridine rings is 1. The minimum Gasteiger partial charge on any atom is -0.306 e. The van der Waals surface area contributed by atoms with E-state index in [0.29, 0.717) is 5.56 Å². The van der Waals surface area contributed by atoms with Gasteiger partial charge in [-0.25, -0.2) is 4.39 Å². The summed E-state index contributed by atoms with van der Waals surface area (Å²) in [6, 6.07) is 1.51. The van der Waals surface area contributed by atoms with E-state index in [0.717, 1.165) is 12.1 Å². The Balaban J connectivity index is 2.39. The average molecular weight is 234 g/mol. The van der Waals surface area contributed by atoms with Crippen molar-refractivity contribution in [3.63, 3.8) is 0 Å². The van der Waals surface area contributed by atoms with Crippen molar-refractivity contribution in [1.82, 2.24) is 20.1 Å². The summed E-state index contributed by atoms with van der Waals surface area (Å²) in [5.41, 5.74) is 1.54. The van der Waals surface area contributed by atoms with Gasteiger partial charge in [0.25, 0.3) is 0 Å². The zero-order valence-corrected chi connectivity index (χ0v) is 9.89. The van der Waals surface area contributed by atoms with Crippen molar-refractivity contribution in [3.8, 4) is 0 Å². The number of nitrogens with one attached hydrogen (secondary N) is 1. The zero-order chi connectivity index (χ0) is 12.3. The van der Waals surface area contributed by atoms with Crippen molar-refractivity contribution < 1.29 is 4.39 Å². The Morgan fingerprint density at radius 2 is 2.29 bits per heavy atom. The van der Waals surface area contributed by atoms with E-state index in [1.54, 1.807) is 23.1 Å². The standard InChI is InChI=1S/C12H15FN4/c1-3-15-12(9-6-16-17(2)8-9)10-4-5-14-7-11(10)13/h4-8,12,15H,3H2,1-2H3. The van der Waals surface area contributed by atoms with E-state index in [9.17, 15) is 4.39 Å². The number of rotatable bonds is 4. The van der Waals surface area contributed by atoms with Crippen LogP contribution in [0.15, 0.2) is 30.9 Å². The molecule has 0 aliphatic rings. The monoisotopic (exact) mass is 234 g/mol. The van der Waals surface area contributed by atoms with Gasteiger partial charge >= 0.3 is 0 Å². The second-order valence-electron chi connectivity index (χ2n) is 3.84. The molecule has 0 radical (unpaired) electrons. The topological polar surface area (TPSA) is 42.7 Å². The highest BCUT2D eigenvalue weighted by Crippen LogP contribution is 2.23. The van der Waals surface area contributed by atoms with Gasteiger partial charge < -0.3 is 5.32 Å². The Labute approximate surface area is 99.5 Å². The lowest BCUT2D eigenvalue weighted by Crippen LogP contribution is -2.22. The summed E-state index contributed by atoms with van der Waals surface area (Å²) in [6.45, 7) is 2.74. The predicted molar refractivity (Wildman–Crippen MR) is 62.9 cm³/mol. The molecule has 0 bridgehead atoms. The van der Waals surface area contributed by atoms with E-state index in [1.165, 1.54) is 6.20 Å². The highest BCUT2D eigenvalue weighted by atomic mass is 19.1. The molecule has 0 aromatic carbocycles. The molecule has 2 heterocycles. The van der Waals surface area contributed by atoms with E-state index in [2.05, 4.69) is 15.4 Å². The van der Waals surface area contributed by atoms with Crippen molar-refractivity contribution in [2.45, 2.75) is 13.0 Å². The maximum absolute atomic E-state index is 13.7. The highest BCUT2D eigenvalue weighted by molar-refractivity contribution is 5.28. The highest BCUT2D eigenvalue weighted by Gasteiger charge is 2.18. The molecular formula is C12H15FN4. The van der Waals surface area contributed by atoms with Gasteiger partial charge in [0, 0.05) is 30.6 Å². The molecule has 0 amide bonds. The Morgan fingerprint density at radius 3 is 2.88 bits per heavy atom. The van der Waals surface area contributed by atoms with Crippen LogP contribution in [0, 0.1) is 5.82 Å². The molecule has 1 atom stereocenters. The molecule has 1 N–H and O–H groups in total. The quantitative estimate of drug-likeness (QED) is 0.874. The molecule has 0 aliphatic carbocycles. The fourth-order valence-electron chi connectivity index (χ4n) is 1.82. The van der Waals surface area contributed by atoms with Crippen LogP contribution in [-0.4, -0.2) is 21.3 Å². The maximum atomic E-state index is 13.7. The fraction of sp³-hybridized carbons (Fsp3) is 0.333. The number of nitrogens with zero attached hydrogens (tertiary/aromatic N) is 3. The molecule has 90 valence electrons. The van der Waals surface area contributed by atoms with Crippen molar-refractivity contribution in [2.75, 3.05) is 6.54 Å². The van der Waals surface area contributed by atoms with Crippen LogP contribution in [0.1, 0.15) is 24.1 Å². The minimum absolute atomic E-state index is 0.184. The van der Waals surface area contributed by atoms with Gasteiger partial charge in [0.2, 0.25) is 0 Å². The molecule has 2 aromatic heterocycles. The summed E-state index contributed by atoms with van der Waals surface area (Å²) in [4.78, 5) is 3.76. The van der Waals surface area contributed by atoms with Gasteiger partial charge in [-0.3, -0.25) is 9.67 Å². The van der Waals surface area contributed by atoms with Gasteiger partial charge in [-0.2, -0.15) is 5.10 Å². The first-order chi connectivity index (χ1) is 8.22. The van der Waals surface area contributed by atoms with Crippen molar-refractivity contribution in [1.29, 1.82) is 0 Å². The third-order valence-corrected chi connectivity index (χ3v) is 2.58. The average Bonchev–Trinajstić information content (AvgIpc) is 2.74. The normalized spacial score (nSPS) is 12.6. The van der Waals surface area contributed by atoms with Crippen LogP contribution in [0.25, 0.3) is 0 Å². The first-order valence-electron chi connectivity index (χ1n) is 5.53. The summed E-state index contributed by atoms with van der Waals surface area (Å²) in [5, 5.41) is 7.36. The van der Waals surface area contributed by atoms with Crippen LogP contribution < -0.4 is 5.32 Å². The number of hydrogen-bond donors (Lipinski definition) is 1. The van der Waals surface area contributed by atoms with E-state index in [-0.39, 0.29) is 11.9 Å². The second-order valence-corrected chi connectivity index (χ2v) is 3.84. The van der Waals surface area contributed by atoms with Crippen LogP contribution >= 0.6 is 0 Å². The van der Waals surface area contributed by atoms with E-state index in [4.69, 9.17) is 0 Å². The van der Waals surface area contributed by atoms with Gasteiger partial charge in [0.1, 0.15) is 5.82 Å². The van der Waals surface area contributed by atoms with Crippen molar-refractivity contribution in [2.24, 2.45) is 7.05 Å². The number of aromatic nitrogens is 3. The van der Waals surface area contributed by atoms with Crippen LogP contribution in [0.5, 0.6) is 0 Å². The van der Waals surface area contributed by atoms with Crippen molar-refractivity contribution in [3.05, 3.63) is 47.8 Å². The van der Waals surface area contributed by atoms with Gasteiger partial charge in [-0.1, -0.05) is 6.92 Å². The summed E-state index contributed by atoms with van der Waals surface area (Å²) in [7, 11) is 1.84. The summed E-state index contributed by atoms with van der Waals surface area (Å²) >= 11 is 0. The zero-order valence-electron chi connectivity index (χ0n) is 9.89. The van der Waals surface area contributed by atoms with Crippen LogP contribution in [-0.2, 0) is 7.05 Å². The first-order valence-corrected chi connectivity index (χ1v) is 5.53. The van der Waals surface area contributed by atoms with E-state index in [1.807, 2.05) is 20.2 Å². The summed E-state index contributed by atoms with van der Waals surface area (Å²) in [6.07, 6.45) is 6.45. The third-order valence-electron chi connectivity index (χ3n) is 2.58. The summed E-state index contributed by atoms with van der Waals surface area (Å²) < 4.78 is 15.4. The SMILES string of the molecule is CCNC(c1cnn(C)c1)c1ccncc1F. The number of hydrogen-bond acceptors (Lipinski definition) is 3. The van der Waals surface area contributed by atoms with Gasteiger partial charge in [-0.15, -0.1) is 0 Å². The van der Waals surface area contributed by atoms with E-state index >= 15 is 0 Å². The molecular weight excluding hydrogens is 219 g/mol. The van der Waals surface area contributed by atoms with Crippen LogP contribution in [0.2, 0.25) is 0 Å².